The largest absolute Gasteiger partial charge is 0.493 e. The predicted octanol–water partition coefficient (Wildman–Crippen LogP) is 4.16. The number of benzene rings is 2. The van der Waals surface area contributed by atoms with Gasteiger partial charge in [-0.1, -0.05) is 35.3 Å². The molecular weight excluding hydrogens is 516 g/mol. The minimum Gasteiger partial charge on any atom is -0.493 e. The van der Waals surface area contributed by atoms with Crippen LogP contribution < -0.4 is 20.5 Å². The van der Waals surface area contributed by atoms with E-state index in [4.69, 9.17) is 43.5 Å². The molecule has 0 bridgehead atoms. The number of methoxy groups -OCH3 is 1. The van der Waals surface area contributed by atoms with Gasteiger partial charge < -0.3 is 25.6 Å². The van der Waals surface area contributed by atoms with Gasteiger partial charge in [-0.2, -0.15) is 0 Å². The molecule has 4 N–H and O–H groups in total. The van der Waals surface area contributed by atoms with E-state index < -0.39 is 0 Å². The number of aliphatic hydroxyl groups excluding tert-OH is 1. The van der Waals surface area contributed by atoms with Gasteiger partial charge >= 0.3 is 0 Å². The van der Waals surface area contributed by atoms with Gasteiger partial charge in [0.05, 0.1) is 26.3 Å². The maximum atomic E-state index is 8.86. The Labute approximate surface area is 192 Å². The molecule has 28 heavy (non-hydrogen) atoms. The fourth-order valence-electron chi connectivity index (χ4n) is 2.46. The number of nitrogens with one attached hydrogen (secondary N) is 1. The Morgan fingerprint density at radius 2 is 1.96 bits per heavy atom. The number of hydrogen-bond acceptors (Lipinski definition) is 4. The molecule has 0 fully saturated rings. The lowest BCUT2D eigenvalue weighted by Gasteiger charge is -2.16. The average Bonchev–Trinajstić information content (AvgIpc) is 2.64. The normalized spacial score (nSPS) is 12.1. The van der Waals surface area contributed by atoms with Crippen LogP contribution in [-0.2, 0) is 6.54 Å². The molecule has 0 aliphatic carbocycles. The number of guanidine groups is 1. The van der Waals surface area contributed by atoms with Gasteiger partial charge in [0.2, 0.25) is 0 Å². The van der Waals surface area contributed by atoms with Crippen LogP contribution in [-0.4, -0.2) is 31.4 Å². The molecule has 0 saturated carbocycles. The highest BCUT2D eigenvalue weighted by atomic mass is 127. The zero-order valence-corrected chi connectivity index (χ0v) is 19.5. The highest BCUT2D eigenvalue weighted by molar-refractivity contribution is 14.0. The zero-order chi connectivity index (χ0) is 19.8. The third-order valence-electron chi connectivity index (χ3n) is 3.80. The minimum absolute atomic E-state index is 0. The Morgan fingerprint density at radius 1 is 1.21 bits per heavy atom. The van der Waals surface area contributed by atoms with Crippen LogP contribution in [0.3, 0.4) is 0 Å². The van der Waals surface area contributed by atoms with E-state index in [9.17, 15) is 0 Å². The third-order valence-corrected chi connectivity index (χ3v) is 4.36. The molecular formula is C19H24Cl2IN3O3. The van der Waals surface area contributed by atoms with Crippen LogP contribution in [0.25, 0.3) is 0 Å². The molecule has 9 heteroatoms. The third kappa shape index (κ3) is 7.20. The lowest BCUT2D eigenvalue weighted by atomic mass is 10.1. The molecule has 2 aromatic carbocycles. The molecule has 0 aromatic heterocycles. The van der Waals surface area contributed by atoms with E-state index in [1.54, 1.807) is 25.3 Å². The molecule has 1 unspecified atom stereocenters. The molecule has 0 saturated heterocycles. The van der Waals surface area contributed by atoms with Crippen molar-refractivity contribution in [2.24, 2.45) is 10.7 Å². The van der Waals surface area contributed by atoms with E-state index in [1.165, 1.54) is 0 Å². The number of halogens is 3. The highest BCUT2D eigenvalue weighted by Gasteiger charge is 2.11. The first kappa shape index (κ1) is 24.6. The van der Waals surface area contributed by atoms with Gasteiger partial charge in [0.1, 0.15) is 6.61 Å². The second-order valence-corrected chi connectivity index (χ2v) is 6.63. The molecule has 154 valence electrons. The molecule has 0 radical (unpaired) electrons. The van der Waals surface area contributed by atoms with Gasteiger partial charge in [0, 0.05) is 10.0 Å². The minimum atomic E-state index is -0.123. The quantitative estimate of drug-likeness (QED) is 0.266. The number of aliphatic imine (C=N–C) groups is 1. The zero-order valence-electron chi connectivity index (χ0n) is 15.6. The predicted molar refractivity (Wildman–Crippen MR) is 124 cm³/mol. The molecule has 0 amide bonds. The van der Waals surface area contributed by atoms with Crippen molar-refractivity contribution in [3.63, 3.8) is 0 Å². The maximum absolute atomic E-state index is 8.86. The van der Waals surface area contributed by atoms with Gasteiger partial charge in [0.25, 0.3) is 0 Å². The smallest absolute Gasteiger partial charge is 0.189 e. The summed E-state index contributed by atoms with van der Waals surface area (Å²) in [6.07, 6.45) is 0. The number of ether oxygens (including phenoxy) is 2. The Bertz CT molecular complexity index is 806. The van der Waals surface area contributed by atoms with Gasteiger partial charge in [-0.25, -0.2) is 4.99 Å². The maximum Gasteiger partial charge on any atom is 0.189 e. The van der Waals surface area contributed by atoms with Crippen LogP contribution in [0.15, 0.2) is 41.4 Å². The summed E-state index contributed by atoms with van der Waals surface area (Å²) in [6, 6.07) is 10.7. The number of hydrogen-bond donors (Lipinski definition) is 3. The summed E-state index contributed by atoms with van der Waals surface area (Å²) in [5, 5.41) is 13.1. The van der Waals surface area contributed by atoms with Gasteiger partial charge in [-0.05, 0) is 42.3 Å². The summed E-state index contributed by atoms with van der Waals surface area (Å²) in [6.45, 7) is 2.45. The lowest BCUT2D eigenvalue weighted by Crippen LogP contribution is -2.34. The summed E-state index contributed by atoms with van der Waals surface area (Å²) in [4.78, 5) is 4.35. The Balaban J connectivity index is 0.00000392. The van der Waals surface area contributed by atoms with E-state index in [2.05, 4.69) is 10.3 Å². The summed E-state index contributed by atoms with van der Waals surface area (Å²) in [7, 11) is 1.56. The summed E-state index contributed by atoms with van der Waals surface area (Å²) < 4.78 is 10.7. The number of rotatable bonds is 8. The van der Waals surface area contributed by atoms with E-state index in [0.717, 1.165) is 11.1 Å². The Kier molecular flexibility index (Phi) is 10.7. The molecule has 6 nitrogen and oxygen atoms in total. The Morgan fingerprint density at radius 3 is 2.61 bits per heavy atom. The van der Waals surface area contributed by atoms with E-state index in [1.807, 2.05) is 25.1 Å². The highest BCUT2D eigenvalue weighted by Crippen LogP contribution is 2.28. The van der Waals surface area contributed by atoms with Crippen LogP contribution in [0.4, 0.5) is 0 Å². The second-order valence-electron chi connectivity index (χ2n) is 5.79. The summed E-state index contributed by atoms with van der Waals surface area (Å²) in [5.74, 6) is 1.44. The molecule has 2 rings (SSSR count). The molecule has 0 aliphatic heterocycles. The summed E-state index contributed by atoms with van der Waals surface area (Å²) in [5.41, 5.74) is 7.78. The van der Waals surface area contributed by atoms with Gasteiger partial charge in [-0.3, -0.25) is 0 Å². The molecule has 0 aliphatic rings. The van der Waals surface area contributed by atoms with Crippen molar-refractivity contribution in [3.8, 4) is 11.5 Å². The van der Waals surface area contributed by atoms with E-state index in [0.29, 0.717) is 34.0 Å². The van der Waals surface area contributed by atoms with Crippen LogP contribution in [0.5, 0.6) is 11.5 Å². The number of aliphatic hydroxyl groups is 1. The van der Waals surface area contributed by atoms with Crippen LogP contribution >= 0.6 is 47.2 Å². The van der Waals surface area contributed by atoms with Crippen molar-refractivity contribution in [1.82, 2.24) is 5.32 Å². The standard InChI is InChI=1S/C19H23Cl2N3O3.HI/c1-12(15-5-4-14(20)10-16(15)21)24-19(22)23-11-13-3-6-17(27-8-7-25)18(9-13)26-2;/h3-6,9-10,12,25H,7-8,11H2,1-2H3,(H3,22,23,24);1H. The van der Waals surface area contributed by atoms with Crippen molar-refractivity contribution >= 4 is 53.1 Å². The van der Waals surface area contributed by atoms with Crippen molar-refractivity contribution in [1.29, 1.82) is 0 Å². The number of nitrogens with two attached hydrogens (primary N) is 1. The summed E-state index contributed by atoms with van der Waals surface area (Å²) >= 11 is 12.1. The Hall–Kier alpha value is -1.42. The first-order valence-corrected chi connectivity index (χ1v) is 9.12. The molecule has 2 aromatic rings. The SMILES string of the molecule is COc1cc(CN=C(N)NC(C)c2ccc(Cl)cc2Cl)ccc1OCCO.I. The van der Waals surface area contributed by atoms with E-state index in [-0.39, 0.29) is 43.2 Å². The van der Waals surface area contributed by atoms with Gasteiger partial charge in [-0.15, -0.1) is 24.0 Å². The first-order valence-electron chi connectivity index (χ1n) is 8.36. The fraction of sp³-hybridized carbons (Fsp3) is 0.316. The first-order chi connectivity index (χ1) is 12.9. The lowest BCUT2D eigenvalue weighted by molar-refractivity contribution is 0.196. The monoisotopic (exact) mass is 539 g/mol. The van der Waals surface area contributed by atoms with Crippen LogP contribution in [0, 0.1) is 0 Å². The van der Waals surface area contributed by atoms with Gasteiger partial charge in [0.15, 0.2) is 17.5 Å². The fourth-order valence-corrected chi connectivity index (χ4v) is 3.03. The van der Waals surface area contributed by atoms with Crippen molar-refractivity contribution < 1.29 is 14.6 Å². The van der Waals surface area contributed by atoms with Crippen molar-refractivity contribution in [2.45, 2.75) is 19.5 Å². The van der Waals surface area contributed by atoms with E-state index >= 15 is 0 Å². The van der Waals surface area contributed by atoms with Crippen molar-refractivity contribution in [2.75, 3.05) is 20.3 Å². The average molecular weight is 540 g/mol. The molecule has 0 heterocycles. The molecule has 0 spiro atoms. The van der Waals surface area contributed by atoms with Crippen LogP contribution in [0.1, 0.15) is 24.1 Å². The molecule has 1 atom stereocenters. The number of nitrogens with zero attached hydrogens (tertiary/aromatic N) is 1. The van der Waals surface area contributed by atoms with Crippen molar-refractivity contribution in [3.05, 3.63) is 57.6 Å². The topological polar surface area (TPSA) is 89.1 Å². The second kappa shape index (κ2) is 12.2. The van der Waals surface area contributed by atoms with Crippen LogP contribution in [0.2, 0.25) is 10.0 Å².